The molecule has 1 aromatic carbocycles. The van der Waals surface area contributed by atoms with Crippen LogP contribution in [-0.4, -0.2) is 54.1 Å². The summed E-state index contributed by atoms with van der Waals surface area (Å²) in [4.78, 5) is 43.1. The van der Waals surface area contributed by atoms with Crippen molar-refractivity contribution in [1.82, 2.24) is 9.88 Å². The lowest BCUT2D eigenvalue weighted by Gasteiger charge is -2.24. The van der Waals surface area contributed by atoms with E-state index in [-0.39, 0.29) is 23.3 Å². The van der Waals surface area contributed by atoms with Crippen molar-refractivity contribution in [2.75, 3.05) is 17.3 Å². The predicted octanol–water partition coefficient (Wildman–Crippen LogP) is 1.49. The number of benzene rings is 1. The normalized spacial score (nSPS) is 15.0. The zero-order valence-electron chi connectivity index (χ0n) is 14.6. The van der Waals surface area contributed by atoms with Gasteiger partial charge in [0, 0.05) is 11.6 Å². The third-order valence-electron chi connectivity index (χ3n) is 4.05. The van der Waals surface area contributed by atoms with Crippen molar-refractivity contribution in [3.8, 4) is 0 Å². The van der Waals surface area contributed by atoms with Gasteiger partial charge in [-0.15, -0.1) is 11.3 Å². The number of rotatable bonds is 6. The molecule has 2 aromatic rings. The van der Waals surface area contributed by atoms with Gasteiger partial charge in [-0.25, -0.2) is 13.4 Å². The number of aromatic nitrogens is 1. The molecule has 3 amide bonds. The molecule has 27 heavy (non-hydrogen) atoms. The Morgan fingerprint density at radius 1 is 1.22 bits per heavy atom. The molecule has 142 valence electrons. The minimum atomic E-state index is -3.40. The first-order valence-corrected chi connectivity index (χ1v) is 11.0. The fraction of sp³-hybridized carbons (Fsp3) is 0.294. The number of carbonyl (C=O) groups is 3. The van der Waals surface area contributed by atoms with Crippen LogP contribution >= 0.6 is 11.3 Å². The van der Waals surface area contributed by atoms with Crippen LogP contribution < -0.4 is 5.32 Å². The fourth-order valence-electron chi connectivity index (χ4n) is 2.79. The van der Waals surface area contributed by atoms with Gasteiger partial charge in [0.25, 0.3) is 11.8 Å². The van der Waals surface area contributed by atoms with Crippen LogP contribution in [0.25, 0.3) is 0 Å². The zero-order chi connectivity index (χ0) is 19.8. The molecular formula is C17H17N3O5S2. The Kier molecular flexibility index (Phi) is 5.11. The number of aryl methyl sites for hydroxylation is 1. The van der Waals surface area contributed by atoms with Crippen LogP contribution in [0.2, 0.25) is 0 Å². The van der Waals surface area contributed by atoms with Crippen molar-refractivity contribution < 1.29 is 22.8 Å². The van der Waals surface area contributed by atoms with Crippen molar-refractivity contribution in [3.63, 3.8) is 0 Å². The van der Waals surface area contributed by atoms with E-state index in [1.165, 1.54) is 23.5 Å². The maximum atomic E-state index is 12.8. The lowest BCUT2D eigenvalue weighted by molar-refractivity contribution is -0.120. The topological polar surface area (TPSA) is 114 Å². The highest BCUT2D eigenvalue weighted by Crippen LogP contribution is 2.27. The minimum absolute atomic E-state index is 0.194. The number of nitrogens with zero attached hydrogens (tertiary/aromatic N) is 2. The summed E-state index contributed by atoms with van der Waals surface area (Å²) in [6, 6.07) is 5.00. The quantitative estimate of drug-likeness (QED) is 0.726. The number of hydrogen-bond donors (Lipinski definition) is 1. The second-order valence-electron chi connectivity index (χ2n) is 6.24. The Labute approximate surface area is 160 Å². The second-order valence-corrected chi connectivity index (χ2v) is 9.36. The van der Waals surface area contributed by atoms with Gasteiger partial charge in [0.2, 0.25) is 5.91 Å². The van der Waals surface area contributed by atoms with Gasteiger partial charge in [0.1, 0.15) is 15.9 Å². The molecule has 0 bridgehead atoms. The largest absolute Gasteiger partial charge is 0.300 e. The monoisotopic (exact) mass is 407 g/mol. The van der Waals surface area contributed by atoms with Crippen LogP contribution in [0.3, 0.4) is 0 Å². The fourth-order valence-corrected chi connectivity index (χ4v) is 4.14. The second kappa shape index (κ2) is 7.20. The van der Waals surface area contributed by atoms with Crippen molar-refractivity contribution in [3.05, 3.63) is 46.5 Å². The molecule has 1 unspecified atom stereocenters. The zero-order valence-corrected chi connectivity index (χ0v) is 16.3. The number of carbonyl (C=O) groups excluding carboxylic acids is 3. The molecule has 0 fully saturated rings. The van der Waals surface area contributed by atoms with E-state index >= 15 is 0 Å². The summed E-state index contributed by atoms with van der Waals surface area (Å²) in [5, 5.41) is 4.63. The number of sulfone groups is 1. The molecule has 0 saturated carbocycles. The van der Waals surface area contributed by atoms with Crippen molar-refractivity contribution in [1.29, 1.82) is 0 Å². The van der Waals surface area contributed by atoms with E-state index in [0.717, 1.165) is 11.2 Å². The Bertz CT molecular complexity index is 994. The average Bonchev–Trinajstić information content (AvgIpc) is 3.10. The van der Waals surface area contributed by atoms with E-state index in [1.807, 2.05) is 0 Å². The van der Waals surface area contributed by atoms with Gasteiger partial charge in [-0.1, -0.05) is 12.1 Å². The first-order chi connectivity index (χ1) is 12.7. The standard InChI is InChI=1S/C17H17N3O5S2/c1-10-9-26-17(18-10)19-14(21)13(7-8-27(2,24)25)20-15(22)11-5-3-4-6-12(11)16(20)23/h3-6,9,13H,7-8H2,1-2H3,(H,18,19,21). The summed E-state index contributed by atoms with van der Waals surface area (Å²) < 4.78 is 23.2. The molecule has 3 rings (SSSR count). The molecule has 8 nitrogen and oxygen atoms in total. The number of hydrogen-bond acceptors (Lipinski definition) is 7. The highest BCUT2D eigenvalue weighted by atomic mass is 32.2. The summed E-state index contributed by atoms with van der Waals surface area (Å²) in [5.41, 5.74) is 1.11. The summed E-state index contributed by atoms with van der Waals surface area (Å²) in [6.07, 6.45) is 0.842. The Balaban J connectivity index is 1.91. The first kappa shape index (κ1) is 19.2. The molecule has 1 aliphatic heterocycles. The van der Waals surface area contributed by atoms with Crippen LogP contribution in [0.15, 0.2) is 29.6 Å². The maximum Gasteiger partial charge on any atom is 0.262 e. The summed E-state index contributed by atoms with van der Waals surface area (Å²) in [6.45, 7) is 1.76. The lowest BCUT2D eigenvalue weighted by Crippen LogP contribution is -2.48. The van der Waals surface area contributed by atoms with Gasteiger partial charge < -0.3 is 5.32 Å². The average molecular weight is 407 g/mol. The number of imide groups is 1. The van der Waals surface area contributed by atoms with Gasteiger partial charge >= 0.3 is 0 Å². The van der Waals surface area contributed by atoms with Crippen molar-refractivity contribution in [2.45, 2.75) is 19.4 Å². The van der Waals surface area contributed by atoms with E-state index in [4.69, 9.17) is 0 Å². The van der Waals surface area contributed by atoms with E-state index in [2.05, 4.69) is 10.3 Å². The Hall–Kier alpha value is -2.59. The van der Waals surface area contributed by atoms with Gasteiger partial charge in [-0.3, -0.25) is 19.3 Å². The van der Waals surface area contributed by atoms with E-state index in [1.54, 1.807) is 24.4 Å². The van der Waals surface area contributed by atoms with Crippen molar-refractivity contribution in [2.24, 2.45) is 0 Å². The molecule has 1 aromatic heterocycles. The summed E-state index contributed by atoms with van der Waals surface area (Å²) in [7, 11) is -3.40. The van der Waals surface area contributed by atoms with E-state index in [9.17, 15) is 22.8 Å². The Morgan fingerprint density at radius 2 is 1.81 bits per heavy atom. The highest BCUT2D eigenvalue weighted by molar-refractivity contribution is 7.90. The maximum absolute atomic E-state index is 12.8. The van der Waals surface area contributed by atoms with Gasteiger partial charge in [-0.2, -0.15) is 0 Å². The third kappa shape index (κ3) is 4.06. The molecule has 1 N–H and O–H groups in total. The lowest BCUT2D eigenvalue weighted by atomic mass is 10.1. The number of anilines is 1. The summed E-state index contributed by atoms with van der Waals surface area (Å²) >= 11 is 1.20. The van der Waals surface area contributed by atoms with E-state index in [0.29, 0.717) is 10.8 Å². The molecule has 10 heteroatoms. The first-order valence-electron chi connectivity index (χ1n) is 8.05. The highest BCUT2D eigenvalue weighted by Gasteiger charge is 2.42. The van der Waals surface area contributed by atoms with Gasteiger partial charge in [0.05, 0.1) is 22.6 Å². The van der Waals surface area contributed by atoms with Crippen LogP contribution in [-0.2, 0) is 14.6 Å². The van der Waals surface area contributed by atoms with Crippen LogP contribution in [0.5, 0.6) is 0 Å². The van der Waals surface area contributed by atoms with Crippen LogP contribution in [0, 0.1) is 6.92 Å². The number of amides is 3. The van der Waals surface area contributed by atoms with Gasteiger partial charge in [-0.05, 0) is 25.5 Å². The summed E-state index contributed by atoms with van der Waals surface area (Å²) in [5.74, 6) is -2.21. The number of fused-ring (bicyclic) bond motifs is 1. The third-order valence-corrected chi connectivity index (χ3v) is 5.90. The van der Waals surface area contributed by atoms with Crippen LogP contribution in [0.1, 0.15) is 32.8 Å². The number of thiazole rings is 1. The van der Waals surface area contributed by atoms with E-state index < -0.39 is 33.6 Å². The molecule has 1 aliphatic rings. The van der Waals surface area contributed by atoms with Gasteiger partial charge in [0.15, 0.2) is 5.13 Å². The minimum Gasteiger partial charge on any atom is -0.300 e. The smallest absolute Gasteiger partial charge is 0.262 e. The molecule has 0 saturated heterocycles. The van der Waals surface area contributed by atoms with Crippen LogP contribution in [0.4, 0.5) is 5.13 Å². The molecule has 0 radical (unpaired) electrons. The molecule has 2 heterocycles. The molecule has 1 atom stereocenters. The Morgan fingerprint density at radius 3 is 2.30 bits per heavy atom. The molecule has 0 aliphatic carbocycles. The molecule has 0 spiro atoms. The predicted molar refractivity (Wildman–Crippen MR) is 101 cm³/mol. The molecular weight excluding hydrogens is 390 g/mol. The van der Waals surface area contributed by atoms with Crippen molar-refractivity contribution >= 4 is 44.0 Å². The number of nitrogens with one attached hydrogen (secondary N) is 1. The SMILES string of the molecule is Cc1csc(NC(=O)C(CCS(C)(=O)=O)N2C(=O)c3ccccc3C2=O)n1.